The van der Waals surface area contributed by atoms with E-state index in [-0.39, 0.29) is 0 Å². The van der Waals surface area contributed by atoms with E-state index < -0.39 is 5.60 Å². The number of ether oxygens (including phenoxy) is 1. The summed E-state index contributed by atoms with van der Waals surface area (Å²) in [6, 6.07) is 12.9. The van der Waals surface area contributed by atoms with E-state index in [0.29, 0.717) is 25.8 Å². The Labute approximate surface area is 199 Å². The maximum atomic E-state index is 6.53. The van der Waals surface area contributed by atoms with Crippen molar-refractivity contribution < 1.29 is 4.74 Å². The molecule has 0 N–H and O–H groups in total. The van der Waals surface area contributed by atoms with E-state index in [1.54, 1.807) is 19.2 Å². The van der Waals surface area contributed by atoms with Crippen molar-refractivity contribution in [3.8, 4) is 27.6 Å². The fourth-order valence-corrected chi connectivity index (χ4v) is 4.70. The highest BCUT2D eigenvalue weighted by molar-refractivity contribution is 7.14. The number of rotatable bonds is 5. The molecule has 9 heteroatoms. The number of halogens is 3. The molecule has 0 unspecified atom stereocenters. The van der Waals surface area contributed by atoms with Crippen LogP contribution in [0.5, 0.6) is 0 Å². The summed E-state index contributed by atoms with van der Waals surface area (Å²) >= 11 is 20.2. The highest BCUT2D eigenvalue weighted by Crippen LogP contribution is 2.38. The lowest BCUT2D eigenvalue weighted by Crippen LogP contribution is -2.18. The van der Waals surface area contributed by atoms with Crippen LogP contribution in [-0.4, -0.2) is 27.1 Å². The molecule has 2 heterocycles. The second kappa shape index (κ2) is 8.52. The predicted octanol–water partition coefficient (Wildman–Crippen LogP) is 7.21. The summed E-state index contributed by atoms with van der Waals surface area (Å²) in [5.74, 6) is 0. The number of hydrogen-bond donors (Lipinski definition) is 0. The molecule has 0 amide bonds. The van der Waals surface area contributed by atoms with Gasteiger partial charge in [-0.2, -0.15) is 5.10 Å². The van der Waals surface area contributed by atoms with Crippen LogP contribution in [0.1, 0.15) is 24.4 Å². The molecule has 0 saturated heterocycles. The summed E-state index contributed by atoms with van der Waals surface area (Å²) in [5, 5.41) is 16.8. The molecule has 0 radical (unpaired) electrons. The zero-order valence-electron chi connectivity index (χ0n) is 17.3. The predicted molar refractivity (Wildman–Crippen MR) is 128 cm³/mol. The molecule has 2 aromatic heterocycles. The van der Waals surface area contributed by atoms with Crippen molar-refractivity contribution in [2.24, 2.45) is 0 Å². The molecule has 160 valence electrons. The van der Waals surface area contributed by atoms with Gasteiger partial charge >= 0.3 is 0 Å². The van der Waals surface area contributed by atoms with E-state index in [0.717, 1.165) is 27.5 Å². The lowest BCUT2D eigenvalue weighted by Gasteiger charge is -2.18. The monoisotopic (exact) mass is 492 g/mol. The third kappa shape index (κ3) is 4.23. The van der Waals surface area contributed by atoms with Crippen molar-refractivity contribution in [2.45, 2.75) is 26.4 Å². The molecule has 0 aliphatic rings. The molecule has 0 spiro atoms. The van der Waals surface area contributed by atoms with Gasteiger partial charge in [0.1, 0.15) is 16.3 Å². The lowest BCUT2D eigenvalue weighted by atomic mass is 10.1. The molecule has 0 bridgehead atoms. The van der Waals surface area contributed by atoms with Gasteiger partial charge in [-0.15, -0.1) is 10.2 Å². The summed E-state index contributed by atoms with van der Waals surface area (Å²) in [6.07, 6.45) is 0. The minimum atomic E-state index is -0.537. The quantitative estimate of drug-likeness (QED) is 0.295. The Morgan fingerprint density at radius 1 is 0.968 bits per heavy atom. The molecule has 0 aliphatic carbocycles. The van der Waals surface area contributed by atoms with Crippen molar-refractivity contribution in [3.05, 3.63) is 68.1 Å². The first kappa shape index (κ1) is 22.2. The Morgan fingerprint density at radius 2 is 1.65 bits per heavy atom. The van der Waals surface area contributed by atoms with Crippen molar-refractivity contribution in [3.63, 3.8) is 0 Å². The normalized spacial score (nSPS) is 11.8. The summed E-state index contributed by atoms with van der Waals surface area (Å²) in [6.45, 7) is 5.92. The number of methoxy groups -OCH3 is 1. The summed E-state index contributed by atoms with van der Waals surface area (Å²) in [4.78, 5) is 0. The highest BCUT2D eigenvalue weighted by Gasteiger charge is 2.27. The second-order valence-corrected chi connectivity index (χ2v) is 9.72. The van der Waals surface area contributed by atoms with Crippen molar-refractivity contribution in [1.82, 2.24) is 20.0 Å². The largest absolute Gasteiger partial charge is 0.372 e. The van der Waals surface area contributed by atoms with Gasteiger partial charge < -0.3 is 4.74 Å². The Bertz CT molecular complexity index is 1250. The van der Waals surface area contributed by atoms with Crippen LogP contribution in [0, 0.1) is 6.92 Å². The van der Waals surface area contributed by atoms with Gasteiger partial charge in [0.2, 0.25) is 0 Å². The van der Waals surface area contributed by atoms with Gasteiger partial charge in [0.05, 0.1) is 16.4 Å². The minimum absolute atomic E-state index is 0.496. The Morgan fingerprint density at radius 3 is 2.29 bits per heavy atom. The van der Waals surface area contributed by atoms with Crippen LogP contribution in [0.3, 0.4) is 0 Å². The van der Waals surface area contributed by atoms with Gasteiger partial charge in [-0.05, 0) is 51.1 Å². The van der Waals surface area contributed by atoms with Crippen molar-refractivity contribution in [1.29, 1.82) is 0 Å². The number of benzene rings is 2. The average molecular weight is 494 g/mol. The topological polar surface area (TPSA) is 52.8 Å². The van der Waals surface area contributed by atoms with E-state index in [1.807, 2.05) is 55.8 Å². The Hall–Kier alpha value is -1.96. The fourth-order valence-electron chi connectivity index (χ4n) is 3.12. The van der Waals surface area contributed by atoms with Crippen LogP contribution < -0.4 is 0 Å². The van der Waals surface area contributed by atoms with Crippen LogP contribution >= 0.6 is 46.1 Å². The maximum absolute atomic E-state index is 6.53. The van der Waals surface area contributed by atoms with E-state index in [2.05, 4.69) is 10.2 Å². The van der Waals surface area contributed by atoms with Crippen LogP contribution in [-0.2, 0) is 10.3 Å². The van der Waals surface area contributed by atoms with Gasteiger partial charge in [-0.1, -0.05) is 58.3 Å². The van der Waals surface area contributed by atoms with Crippen LogP contribution in [0.4, 0.5) is 0 Å². The van der Waals surface area contributed by atoms with E-state index in [9.17, 15) is 0 Å². The first-order valence-corrected chi connectivity index (χ1v) is 11.4. The number of aromatic nitrogens is 4. The van der Waals surface area contributed by atoms with E-state index >= 15 is 0 Å². The molecular formula is C22H19Cl3N4OS. The third-order valence-corrected chi connectivity index (χ3v) is 7.06. The zero-order valence-corrected chi connectivity index (χ0v) is 20.4. The van der Waals surface area contributed by atoms with Crippen molar-refractivity contribution >= 4 is 46.1 Å². The maximum Gasteiger partial charge on any atom is 0.168 e. The Kier molecular flexibility index (Phi) is 6.12. The first-order chi connectivity index (χ1) is 14.7. The molecule has 4 aromatic rings. The first-order valence-electron chi connectivity index (χ1n) is 9.42. The number of nitrogens with zero attached hydrogens (tertiary/aromatic N) is 4. The highest BCUT2D eigenvalue weighted by atomic mass is 35.5. The van der Waals surface area contributed by atoms with Crippen LogP contribution in [0.2, 0.25) is 15.1 Å². The van der Waals surface area contributed by atoms with E-state index in [4.69, 9.17) is 44.6 Å². The van der Waals surface area contributed by atoms with Crippen LogP contribution in [0.25, 0.3) is 27.6 Å². The lowest BCUT2D eigenvalue weighted by molar-refractivity contribution is 0.0185. The minimum Gasteiger partial charge on any atom is -0.372 e. The molecular weight excluding hydrogens is 475 g/mol. The van der Waals surface area contributed by atoms with E-state index in [1.165, 1.54) is 11.3 Å². The number of hydrogen-bond acceptors (Lipinski definition) is 5. The molecule has 0 saturated carbocycles. The van der Waals surface area contributed by atoms with Crippen molar-refractivity contribution in [2.75, 3.05) is 7.11 Å². The van der Waals surface area contributed by atoms with Gasteiger partial charge in [0.25, 0.3) is 0 Å². The van der Waals surface area contributed by atoms with Gasteiger partial charge in [-0.3, -0.25) is 0 Å². The Balaban J connectivity index is 1.94. The second-order valence-electron chi connectivity index (χ2n) is 7.46. The average Bonchev–Trinajstić information content (AvgIpc) is 3.34. The van der Waals surface area contributed by atoms with Crippen LogP contribution in [0.15, 0.2) is 42.5 Å². The fraction of sp³-hybridized carbons (Fsp3) is 0.227. The molecule has 2 aromatic carbocycles. The van der Waals surface area contributed by atoms with Gasteiger partial charge in [0, 0.05) is 28.3 Å². The zero-order chi connectivity index (χ0) is 22.3. The summed E-state index contributed by atoms with van der Waals surface area (Å²) < 4.78 is 7.36. The SMILES string of the molecule is COC(C)(C)c1nnc(-c2nn(-c3ccc(Cl)cc3Cl)c(-c3ccc(Cl)cc3)c2C)s1. The smallest absolute Gasteiger partial charge is 0.168 e. The molecule has 0 atom stereocenters. The molecule has 4 rings (SSSR count). The molecule has 0 aliphatic heterocycles. The van der Waals surface area contributed by atoms with Gasteiger partial charge in [0.15, 0.2) is 5.01 Å². The molecule has 5 nitrogen and oxygen atoms in total. The summed E-state index contributed by atoms with van der Waals surface area (Å²) in [5.41, 5.74) is 3.70. The van der Waals surface area contributed by atoms with Gasteiger partial charge in [-0.25, -0.2) is 4.68 Å². The molecule has 0 fully saturated rings. The molecule has 31 heavy (non-hydrogen) atoms. The standard InChI is InChI=1S/C22H19Cl3N4OS/c1-12-18(20-26-27-21(31-20)22(2,3)30-4)28-29(17-10-9-15(24)11-16(17)25)19(12)13-5-7-14(23)8-6-13/h5-11H,1-4H3. The summed E-state index contributed by atoms with van der Waals surface area (Å²) in [7, 11) is 1.65. The third-order valence-electron chi connectivity index (χ3n) is 5.03.